The number of carbonyl (C=O) groups excluding carboxylic acids is 1. The fourth-order valence-electron chi connectivity index (χ4n) is 3.62. The predicted molar refractivity (Wildman–Crippen MR) is 112 cm³/mol. The van der Waals surface area contributed by atoms with Crippen molar-refractivity contribution in [2.45, 2.75) is 37.8 Å². The molecule has 1 saturated carbocycles. The fraction of sp³-hybridized carbons (Fsp3) is 0.500. The summed E-state index contributed by atoms with van der Waals surface area (Å²) < 4.78 is 16.7. The van der Waals surface area contributed by atoms with Crippen molar-refractivity contribution in [3.63, 3.8) is 0 Å². The monoisotopic (exact) mass is 412 g/mol. The largest absolute Gasteiger partial charge is 0.454 e. The average molecular weight is 412 g/mol. The van der Waals surface area contributed by atoms with Crippen molar-refractivity contribution >= 4 is 11.6 Å². The quantitative estimate of drug-likeness (QED) is 0.677. The van der Waals surface area contributed by atoms with Gasteiger partial charge in [0.2, 0.25) is 5.91 Å². The molecular formula is C22H28N4O4. The van der Waals surface area contributed by atoms with Gasteiger partial charge in [-0.3, -0.25) is 4.79 Å². The number of aromatic nitrogens is 2. The summed E-state index contributed by atoms with van der Waals surface area (Å²) in [5, 5.41) is 3.01. The minimum absolute atomic E-state index is 0.0639. The second-order valence-electron chi connectivity index (χ2n) is 7.64. The average Bonchev–Trinajstić information content (AvgIpc) is 3.53. The van der Waals surface area contributed by atoms with Crippen LogP contribution in [0.5, 0.6) is 11.5 Å². The molecular weight excluding hydrogens is 384 g/mol. The van der Waals surface area contributed by atoms with E-state index in [2.05, 4.69) is 20.2 Å². The maximum Gasteiger partial charge on any atom is 0.246 e. The maximum atomic E-state index is 12.0. The summed E-state index contributed by atoms with van der Waals surface area (Å²) in [5.41, 5.74) is 1.01. The molecule has 4 rings (SSSR count). The van der Waals surface area contributed by atoms with Gasteiger partial charge in [0.25, 0.3) is 0 Å². The second-order valence-corrected chi connectivity index (χ2v) is 7.64. The van der Waals surface area contributed by atoms with E-state index < -0.39 is 0 Å². The van der Waals surface area contributed by atoms with Crippen LogP contribution in [0.3, 0.4) is 0 Å². The first kappa shape index (κ1) is 20.6. The Bertz CT molecular complexity index is 856. The highest BCUT2D eigenvalue weighted by molar-refractivity contribution is 5.77. The number of carbonyl (C=O) groups is 1. The Kier molecular flexibility index (Phi) is 6.44. The van der Waals surface area contributed by atoms with E-state index in [4.69, 9.17) is 14.2 Å². The summed E-state index contributed by atoms with van der Waals surface area (Å²) in [7, 11) is 1.67. The number of nitrogens with zero attached hydrogens (tertiary/aromatic N) is 3. The molecule has 1 saturated heterocycles. The number of amides is 1. The molecule has 1 amide bonds. The van der Waals surface area contributed by atoms with E-state index in [1.165, 1.54) is 12.8 Å². The van der Waals surface area contributed by atoms with Crippen molar-refractivity contribution in [2.24, 2.45) is 0 Å². The number of anilines is 1. The van der Waals surface area contributed by atoms with Gasteiger partial charge in [0, 0.05) is 44.5 Å². The smallest absolute Gasteiger partial charge is 0.246 e. The van der Waals surface area contributed by atoms with Gasteiger partial charge < -0.3 is 24.4 Å². The van der Waals surface area contributed by atoms with E-state index >= 15 is 0 Å². The minimum Gasteiger partial charge on any atom is -0.454 e. The molecule has 0 radical (unpaired) electrons. The van der Waals surface area contributed by atoms with Gasteiger partial charge in [-0.25, -0.2) is 9.97 Å². The van der Waals surface area contributed by atoms with E-state index in [1.54, 1.807) is 19.5 Å². The number of nitrogens with one attached hydrogen (secondary N) is 1. The lowest BCUT2D eigenvalue weighted by Crippen LogP contribution is -2.45. The first-order valence-electron chi connectivity index (χ1n) is 10.4. The molecule has 1 aliphatic carbocycles. The van der Waals surface area contributed by atoms with Gasteiger partial charge in [0.1, 0.15) is 18.2 Å². The molecule has 2 aliphatic rings. The lowest BCUT2D eigenvalue weighted by atomic mass is 10.2. The van der Waals surface area contributed by atoms with Crippen molar-refractivity contribution in [1.82, 2.24) is 15.3 Å². The SMILES string of the molecule is CCOCC(=O)NC1CN(c2cccc(Oc3cnc(C4CC4)nc3)c2)C[C@H]1OC. The Balaban J connectivity index is 1.39. The van der Waals surface area contributed by atoms with E-state index in [1.807, 2.05) is 31.2 Å². The first-order valence-corrected chi connectivity index (χ1v) is 10.4. The van der Waals surface area contributed by atoms with Crippen LogP contribution in [0.4, 0.5) is 5.69 Å². The Labute approximate surface area is 176 Å². The van der Waals surface area contributed by atoms with E-state index in [-0.39, 0.29) is 24.7 Å². The zero-order chi connectivity index (χ0) is 20.9. The lowest BCUT2D eigenvalue weighted by molar-refractivity contribution is -0.126. The normalized spacial score (nSPS) is 20.9. The van der Waals surface area contributed by atoms with Crippen LogP contribution in [-0.4, -0.2) is 61.4 Å². The molecule has 30 heavy (non-hydrogen) atoms. The fourth-order valence-corrected chi connectivity index (χ4v) is 3.62. The van der Waals surface area contributed by atoms with Crippen molar-refractivity contribution in [3.05, 3.63) is 42.5 Å². The summed E-state index contributed by atoms with van der Waals surface area (Å²) in [4.78, 5) is 23.0. The zero-order valence-electron chi connectivity index (χ0n) is 17.4. The summed E-state index contributed by atoms with van der Waals surface area (Å²) in [6.07, 6.45) is 5.71. The van der Waals surface area contributed by atoms with Gasteiger partial charge in [-0.2, -0.15) is 0 Å². The Morgan fingerprint density at radius 1 is 1.20 bits per heavy atom. The van der Waals surface area contributed by atoms with Gasteiger partial charge in [-0.15, -0.1) is 0 Å². The van der Waals surface area contributed by atoms with E-state index in [0.717, 1.165) is 11.5 Å². The third-order valence-electron chi connectivity index (χ3n) is 5.36. The Hall–Kier alpha value is -2.71. The molecule has 2 fully saturated rings. The van der Waals surface area contributed by atoms with Gasteiger partial charge in [-0.1, -0.05) is 6.07 Å². The first-order chi connectivity index (χ1) is 14.7. The molecule has 8 nitrogen and oxygen atoms in total. The minimum atomic E-state index is -0.127. The molecule has 2 atom stereocenters. The number of rotatable bonds is 9. The summed E-state index contributed by atoms with van der Waals surface area (Å²) in [6.45, 7) is 3.77. The maximum absolute atomic E-state index is 12.0. The molecule has 1 aliphatic heterocycles. The van der Waals surface area contributed by atoms with Crippen molar-refractivity contribution in [3.8, 4) is 11.5 Å². The van der Waals surface area contributed by atoms with Gasteiger partial charge in [-0.05, 0) is 31.9 Å². The van der Waals surface area contributed by atoms with Crippen LogP contribution in [-0.2, 0) is 14.3 Å². The molecule has 1 unspecified atom stereocenters. The number of benzene rings is 1. The Morgan fingerprint density at radius 2 is 2.00 bits per heavy atom. The highest BCUT2D eigenvalue weighted by Gasteiger charge is 2.34. The molecule has 1 aromatic carbocycles. The predicted octanol–water partition coefficient (Wildman–Crippen LogP) is 2.50. The molecule has 2 heterocycles. The number of hydrogen-bond donors (Lipinski definition) is 1. The summed E-state index contributed by atoms with van der Waals surface area (Å²) >= 11 is 0. The Morgan fingerprint density at radius 3 is 2.70 bits per heavy atom. The van der Waals surface area contributed by atoms with Crippen LogP contribution < -0.4 is 15.0 Å². The molecule has 0 bridgehead atoms. The van der Waals surface area contributed by atoms with E-state index in [9.17, 15) is 4.79 Å². The van der Waals surface area contributed by atoms with Crippen LogP contribution in [0.15, 0.2) is 36.7 Å². The van der Waals surface area contributed by atoms with Crippen molar-refractivity contribution < 1.29 is 19.0 Å². The second kappa shape index (κ2) is 9.40. The molecule has 0 spiro atoms. The van der Waals surface area contributed by atoms with Gasteiger partial charge in [0.15, 0.2) is 5.75 Å². The number of methoxy groups -OCH3 is 1. The third kappa shape index (κ3) is 5.06. The van der Waals surface area contributed by atoms with Crippen molar-refractivity contribution in [1.29, 1.82) is 0 Å². The highest BCUT2D eigenvalue weighted by Crippen LogP contribution is 2.38. The number of hydrogen-bond acceptors (Lipinski definition) is 7. The van der Waals surface area contributed by atoms with E-state index in [0.29, 0.717) is 37.1 Å². The molecule has 1 aromatic heterocycles. The topological polar surface area (TPSA) is 85.8 Å². The third-order valence-corrected chi connectivity index (χ3v) is 5.36. The summed E-state index contributed by atoms with van der Waals surface area (Å²) in [6, 6.07) is 7.76. The van der Waals surface area contributed by atoms with Crippen LogP contribution >= 0.6 is 0 Å². The van der Waals surface area contributed by atoms with Crippen LogP contribution in [0, 0.1) is 0 Å². The molecule has 1 N–H and O–H groups in total. The zero-order valence-corrected chi connectivity index (χ0v) is 17.4. The molecule has 2 aromatic rings. The van der Waals surface area contributed by atoms with Crippen LogP contribution in [0.25, 0.3) is 0 Å². The highest BCUT2D eigenvalue weighted by atomic mass is 16.5. The van der Waals surface area contributed by atoms with Gasteiger partial charge in [0.05, 0.1) is 24.5 Å². The number of ether oxygens (including phenoxy) is 3. The standard InChI is InChI=1S/C22H28N4O4/c1-3-29-14-21(27)25-19-12-26(13-20(19)28-2)16-5-4-6-17(9-16)30-18-10-23-22(24-11-18)15-7-8-15/h4-6,9-11,15,19-20H,3,7-8,12-14H2,1-2H3,(H,25,27)/t19?,20-/m1/s1. The molecule has 8 heteroatoms. The van der Waals surface area contributed by atoms with Crippen molar-refractivity contribution in [2.75, 3.05) is 38.3 Å². The van der Waals surface area contributed by atoms with Gasteiger partial charge >= 0.3 is 0 Å². The molecule has 160 valence electrons. The van der Waals surface area contributed by atoms with Crippen LogP contribution in [0.1, 0.15) is 31.5 Å². The lowest BCUT2D eigenvalue weighted by Gasteiger charge is -2.19. The summed E-state index contributed by atoms with van der Waals surface area (Å²) in [5.74, 6) is 2.63. The van der Waals surface area contributed by atoms with Crippen LogP contribution in [0.2, 0.25) is 0 Å².